The number of aliphatic hydroxyl groups is 1. The summed E-state index contributed by atoms with van der Waals surface area (Å²) in [6.07, 6.45) is 0. The van der Waals surface area contributed by atoms with E-state index in [1.807, 2.05) is 0 Å². The van der Waals surface area contributed by atoms with Gasteiger partial charge in [0, 0.05) is 18.2 Å². The second kappa shape index (κ2) is 5.02. The summed E-state index contributed by atoms with van der Waals surface area (Å²) in [5.74, 6) is -1.67. The van der Waals surface area contributed by atoms with E-state index >= 15 is 0 Å². The zero-order valence-electron chi connectivity index (χ0n) is 7.93. The van der Waals surface area contributed by atoms with Crippen LogP contribution in [0.2, 0.25) is 0 Å². The highest BCUT2D eigenvalue weighted by molar-refractivity contribution is 5.18. The molecule has 0 radical (unpaired) electrons. The molecule has 0 saturated heterocycles. The molecule has 1 aromatic carbocycles. The molecule has 1 unspecified atom stereocenters. The van der Waals surface area contributed by atoms with Crippen molar-refractivity contribution in [1.82, 2.24) is 5.32 Å². The van der Waals surface area contributed by atoms with Crippen molar-refractivity contribution >= 4 is 0 Å². The fourth-order valence-electron chi connectivity index (χ4n) is 1.03. The minimum absolute atomic E-state index is 0.0308. The molecule has 0 spiro atoms. The van der Waals surface area contributed by atoms with Gasteiger partial charge in [-0.05, 0) is 13.0 Å². The Labute approximate surface area is 81.6 Å². The van der Waals surface area contributed by atoms with Crippen molar-refractivity contribution in [3.8, 4) is 0 Å². The van der Waals surface area contributed by atoms with Crippen LogP contribution in [0.1, 0.15) is 12.5 Å². The van der Waals surface area contributed by atoms with E-state index in [0.29, 0.717) is 0 Å². The summed E-state index contributed by atoms with van der Waals surface area (Å²) in [4.78, 5) is 0. The Morgan fingerprint density at radius 3 is 2.79 bits per heavy atom. The second-order valence-corrected chi connectivity index (χ2v) is 3.18. The molecule has 2 N–H and O–H groups in total. The number of aliphatic hydroxyl groups excluding tert-OH is 1. The normalized spacial score (nSPS) is 12.9. The summed E-state index contributed by atoms with van der Waals surface area (Å²) in [5.41, 5.74) is 0.269. The van der Waals surface area contributed by atoms with Gasteiger partial charge in [-0.25, -0.2) is 8.78 Å². The van der Waals surface area contributed by atoms with Crippen molar-refractivity contribution in [2.75, 3.05) is 6.61 Å². The van der Waals surface area contributed by atoms with Gasteiger partial charge in [0.1, 0.15) is 0 Å². The van der Waals surface area contributed by atoms with E-state index in [1.54, 1.807) is 6.92 Å². The number of hydrogen-bond donors (Lipinski definition) is 2. The summed E-state index contributed by atoms with van der Waals surface area (Å²) in [6.45, 7) is 1.94. The van der Waals surface area contributed by atoms with Gasteiger partial charge in [0.2, 0.25) is 0 Å². The lowest BCUT2D eigenvalue weighted by molar-refractivity contribution is 0.250. The maximum absolute atomic E-state index is 13.1. The predicted molar refractivity (Wildman–Crippen MR) is 49.7 cm³/mol. The van der Waals surface area contributed by atoms with Gasteiger partial charge in [0.25, 0.3) is 0 Å². The molecule has 0 aromatic heterocycles. The molecule has 0 aliphatic rings. The van der Waals surface area contributed by atoms with Crippen molar-refractivity contribution in [2.45, 2.75) is 19.5 Å². The van der Waals surface area contributed by atoms with Gasteiger partial charge < -0.3 is 10.4 Å². The largest absolute Gasteiger partial charge is 0.395 e. The third-order valence-electron chi connectivity index (χ3n) is 1.95. The first-order valence-electron chi connectivity index (χ1n) is 4.42. The van der Waals surface area contributed by atoms with Gasteiger partial charge in [-0.3, -0.25) is 0 Å². The zero-order valence-corrected chi connectivity index (χ0v) is 7.93. The van der Waals surface area contributed by atoms with Crippen LogP contribution in [0.3, 0.4) is 0 Å². The van der Waals surface area contributed by atoms with Crippen LogP contribution in [0.5, 0.6) is 0 Å². The number of hydrogen-bond acceptors (Lipinski definition) is 2. The first kappa shape index (κ1) is 11.1. The molecule has 1 atom stereocenters. The summed E-state index contributed by atoms with van der Waals surface area (Å²) in [5, 5.41) is 11.6. The monoisotopic (exact) mass is 201 g/mol. The van der Waals surface area contributed by atoms with Crippen molar-refractivity contribution in [1.29, 1.82) is 0 Å². The first-order valence-corrected chi connectivity index (χ1v) is 4.42. The highest BCUT2D eigenvalue weighted by Gasteiger charge is 2.07. The Bertz CT molecular complexity index is 304. The molecular weight excluding hydrogens is 188 g/mol. The smallest absolute Gasteiger partial charge is 0.163 e. The number of nitrogens with one attached hydrogen (secondary N) is 1. The highest BCUT2D eigenvalue weighted by atomic mass is 19.2. The topological polar surface area (TPSA) is 32.3 Å². The van der Waals surface area contributed by atoms with Crippen molar-refractivity contribution in [2.24, 2.45) is 0 Å². The van der Waals surface area contributed by atoms with Crippen LogP contribution in [0.15, 0.2) is 18.2 Å². The van der Waals surface area contributed by atoms with Gasteiger partial charge in [-0.1, -0.05) is 12.1 Å². The van der Waals surface area contributed by atoms with E-state index in [9.17, 15) is 8.78 Å². The molecule has 78 valence electrons. The number of halogens is 2. The third-order valence-corrected chi connectivity index (χ3v) is 1.95. The molecule has 0 bridgehead atoms. The van der Waals surface area contributed by atoms with Gasteiger partial charge in [-0.2, -0.15) is 0 Å². The standard InChI is InChI=1S/C10H13F2NO/c1-7(6-14)13-5-8-3-2-4-9(11)10(8)12/h2-4,7,13-14H,5-6H2,1H3. The Balaban J connectivity index is 2.63. The molecule has 0 saturated carbocycles. The van der Waals surface area contributed by atoms with Crippen molar-refractivity contribution in [3.05, 3.63) is 35.4 Å². The van der Waals surface area contributed by atoms with Crippen LogP contribution >= 0.6 is 0 Å². The molecule has 0 aliphatic carbocycles. The summed E-state index contributed by atoms with van der Waals surface area (Å²) >= 11 is 0. The minimum atomic E-state index is -0.846. The van der Waals surface area contributed by atoms with E-state index in [2.05, 4.69) is 5.32 Å². The Morgan fingerprint density at radius 1 is 1.43 bits per heavy atom. The molecule has 1 rings (SSSR count). The summed E-state index contributed by atoms with van der Waals surface area (Å²) in [6, 6.07) is 3.92. The Hall–Kier alpha value is -1.00. The van der Waals surface area contributed by atoms with Crippen molar-refractivity contribution in [3.63, 3.8) is 0 Å². The summed E-state index contributed by atoms with van der Waals surface area (Å²) < 4.78 is 25.8. The van der Waals surface area contributed by atoms with Gasteiger partial charge in [0.05, 0.1) is 6.61 Å². The van der Waals surface area contributed by atoms with E-state index in [-0.39, 0.29) is 24.8 Å². The highest BCUT2D eigenvalue weighted by Crippen LogP contribution is 2.10. The first-order chi connectivity index (χ1) is 6.65. The number of rotatable bonds is 4. The molecule has 0 heterocycles. The molecule has 14 heavy (non-hydrogen) atoms. The average Bonchev–Trinajstić information content (AvgIpc) is 2.20. The fourth-order valence-corrected chi connectivity index (χ4v) is 1.03. The zero-order chi connectivity index (χ0) is 10.6. The SMILES string of the molecule is CC(CO)NCc1cccc(F)c1F. The maximum Gasteiger partial charge on any atom is 0.163 e. The number of benzene rings is 1. The van der Waals surface area contributed by atoms with Gasteiger partial charge in [0.15, 0.2) is 11.6 Å². The Kier molecular flexibility index (Phi) is 3.98. The lowest BCUT2D eigenvalue weighted by Gasteiger charge is -2.10. The van der Waals surface area contributed by atoms with E-state index in [0.717, 1.165) is 6.07 Å². The molecule has 1 aromatic rings. The lowest BCUT2D eigenvalue weighted by Crippen LogP contribution is -2.29. The Morgan fingerprint density at radius 2 is 2.14 bits per heavy atom. The van der Waals surface area contributed by atoms with Crippen LogP contribution in [0, 0.1) is 11.6 Å². The summed E-state index contributed by atoms with van der Waals surface area (Å²) in [7, 11) is 0. The molecule has 0 amide bonds. The quantitative estimate of drug-likeness (QED) is 0.772. The molecule has 0 aliphatic heterocycles. The van der Waals surface area contributed by atoms with E-state index < -0.39 is 11.6 Å². The lowest BCUT2D eigenvalue weighted by atomic mass is 10.2. The van der Waals surface area contributed by atoms with E-state index in [4.69, 9.17) is 5.11 Å². The van der Waals surface area contributed by atoms with Gasteiger partial charge >= 0.3 is 0 Å². The third kappa shape index (κ3) is 2.75. The van der Waals surface area contributed by atoms with E-state index in [1.165, 1.54) is 12.1 Å². The molecule has 0 fully saturated rings. The predicted octanol–water partition coefficient (Wildman–Crippen LogP) is 1.44. The fraction of sp³-hybridized carbons (Fsp3) is 0.400. The molecule has 4 heteroatoms. The van der Waals surface area contributed by atoms with Crippen LogP contribution in [0.4, 0.5) is 8.78 Å². The van der Waals surface area contributed by atoms with Crippen LogP contribution in [-0.4, -0.2) is 17.8 Å². The average molecular weight is 201 g/mol. The minimum Gasteiger partial charge on any atom is -0.395 e. The van der Waals surface area contributed by atoms with Crippen LogP contribution in [0.25, 0.3) is 0 Å². The maximum atomic E-state index is 13.1. The second-order valence-electron chi connectivity index (χ2n) is 3.18. The van der Waals surface area contributed by atoms with Crippen molar-refractivity contribution < 1.29 is 13.9 Å². The molecule has 2 nitrogen and oxygen atoms in total. The van der Waals surface area contributed by atoms with Gasteiger partial charge in [-0.15, -0.1) is 0 Å². The van der Waals surface area contributed by atoms with Crippen LogP contribution < -0.4 is 5.32 Å². The van der Waals surface area contributed by atoms with Crippen LogP contribution in [-0.2, 0) is 6.54 Å². The molecular formula is C10H13F2NO.